The normalized spacial score (nSPS) is 15.9. The molecule has 0 aromatic carbocycles. The van der Waals surface area contributed by atoms with Gasteiger partial charge in [0.15, 0.2) is 0 Å². The van der Waals surface area contributed by atoms with E-state index in [1.54, 1.807) is 20.8 Å². The average molecular weight is 331 g/mol. The van der Waals surface area contributed by atoms with Crippen molar-refractivity contribution in [2.45, 2.75) is 90.9 Å². The van der Waals surface area contributed by atoms with Gasteiger partial charge in [0.1, 0.15) is 11.2 Å². The Balaban J connectivity index is 0.000000515. The van der Waals surface area contributed by atoms with Crippen LogP contribution in [0.3, 0.4) is 0 Å². The van der Waals surface area contributed by atoms with Gasteiger partial charge in [-0.15, -0.1) is 0 Å². The van der Waals surface area contributed by atoms with Crippen LogP contribution in [0.15, 0.2) is 0 Å². The Labute approximate surface area is 139 Å². The molecule has 23 heavy (non-hydrogen) atoms. The number of primary amides is 1. The van der Waals surface area contributed by atoms with Gasteiger partial charge in [-0.05, 0) is 54.4 Å². The molecule has 2 amide bonds. The predicted molar refractivity (Wildman–Crippen MR) is 89.8 cm³/mol. The SMILES string of the molecule is CC(C)(C)OC(=O)NNC1CCCCC1.CC(C)(C)OC(N)=O. The van der Waals surface area contributed by atoms with E-state index in [4.69, 9.17) is 10.5 Å². The van der Waals surface area contributed by atoms with E-state index < -0.39 is 23.4 Å². The van der Waals surface area contributed by atoms with Crippen molar-refractivity contribution in [3.8, 4) is 0 Å². The van der Waals surface area contributed by atoms with Gasteiger partial charge in [-0.2, -0.15) is 0 Å². The zero-order valence-electron chi connectivity index (χ0n) is 15.3. The van der Waals surface area contributed by atoms with Gasteiger partial charge in [-0.25, -0.2) is 15.0 Å². The van der Waals surface area contributed by atoms with E-state index in [1.807, 2.05) is 20.8 Å². The van der Waals surface area contributed by atoms with Gasteiger partial charge < -0.3 is 15.2 Å². The number of hydrazine groups is 1. The highest BCUT2D eigenvalue weighted by molar-refractivity contribution is 5.67. The van der Waals surface area contributed by atoms with E-state index in [0.29, 0.717) is 6.04 Å². The summed E-state index contributed by atoms with van der Waals surface area (Å²) in [4.78, 5) is 21.3. The van der Waals surface area contributed by atoms with Gasteiger partial charge in [-0.1, -0.05) is 19.3 Å². The molecule has 0 aromatic rings. The zero-order chi connectivity index (χ0) is 18.1. The van der Waals surface area contributed by atoms with E-state index in [9.17, 15) is 9.59 Å². The number of ether oxygens (including phenoxy) is 2. The second kappa shape index (κ2) is 9.60. The van der Waals surface area contributed by atoms with E-state index >= 15 is 0 Å². The number of hydrogen-bond acceptors (Lipinski definition) is 5. The van der Waals surface area contributed by atoms with Crippen LogP contribution in [-0.4, -0.2) is 29.4 Å². The van der Waals surface area contributed by atoms with Gasteiger partial charge >= 0.3 is 12.2 Å². The molecule has 0 unspecified atom stereocenters. The van der Waals surface area contributed by atoms with Crippen LogP contribution < -0.4 is 16.6 Å². The minimum Gasteiger partial charge on any atom is -0.444 e. The second-order valence-electron chi connectivity index (χ2n) is 7.64. The highest BCUT2D eigenvalue weighted by atomic mass is 16.6. The first-order valence-electron chi connectivity index (χ1n) is 8.12. The van der Waals surface area contributed by atoms with Crippen molar-refractivity contribution >= 4 is 12.2 Å². The summed E-state index contributed by atoms with van der Waals surface area (Å²) < 4.78 is 9.69. The fourth-order valence-corrected chi connectivity index (χ4v) is 2.01. The molecule has 1 fully saturated rings. The molecule has 0 bridgehead atoms. The number of nitrogens with two attached hydrogens (primary N) is 1. The topological polar surface area (TPSA) is 103 Å². The molecule has 7 nitrogen and oxygen atoms in total. The molecule has 0 spiro atoms. The smallest absolute Gasteiger partial charge is 0.422 e. The summed E-state index contributed by atoms with van der Waals surface area (Å²) in [7, 11) is 0. The lowest BCUT2D eigenvalue weighted by molar-refractivity contribution is 0.0481. The highest BCUT2D eigenvalue weighted by Crippen LogP contribution is 2.16. The number of rotatable bonds is 2. The lowest BCUT2D eigenvalue weighted by Gasteiger charge is -2.25. The Morgan fingerprint density at radius 3 is 1.74 bits per heavy atom. The summed E-state index contributed by atoms with van der Waals surface area (Å²) in [6.07, 6.45) is 4.95. The lowest BCUT2D eigenvalue weighted by Crippen LogP contribution is -2.47. The standard InChI is InChI=1S/C11H22N2O2.C5H11NO2/c1-11(2,3)15-10(14)13-12-9-7-5-4-6-8-9;1-5(2,3)8-4(6)7/h9,12H,4-8H2,1-3H3,(H,13,14);1-3H3,(H2,6,7). The molecule has 1 aliphatic rings. The molecular formula is C16H33N3O4. The fraction of sp³-hybridized carbons (Fsp3) is 0.875. The van der Waals surface area contributed by atoms with Crippen LogP contribution in [0.25, 0.3) is 0 Å². The third-order valence-electron chi connectivity index (χ3n) is 2.79. The third-order valence-corrected chi connectivity index (χ3v) is 2.79. The van der Waals surface area contributed by atoms with E-state index in [2.05, 4.69) is 15.6 Å². The molecule has 7 heteroatoms. The number of nitrogens with one attached hydrogen (secondary N) is 2. The predicted octanol–water partition coefficient (Wildman–Crippen LogP) is 3.23. The maximum atomic E-state index is 11.3. The molecule has 1 aliphatic carbocycles. The van der Waals surface area contributed by atoms with Crippen LogP contribution in [0.5, 0.6) is 0 Å². The molecule has 0 aromatic heterocycles. The molecule has 0 heterocycles. The molecule has 0 radical (unpaired) electrons. The molecule has 4 N–H and O–H groups in total. The second-order valence-corrected chi connectivity index (χ2v) is 7.64. The molecule has 1 rings (SSSR count). The molecule has 0 atom stereocenters. The third kappa shape index (κ3) is 15.2. The quantitative estimate of drug-likeness (QED) is 0.674. The number of carbonyl (C=O) groups is 2. The van der Waals surface area contributed by atoms with Gasteiger partial charge in [0.05, 0.1) is 0 Å². The fourth-order valence-electron chi connectivity index (χ4n) is 2.01. The van der Waals surface area contributed by atoms with Crippen LogP contribution in [-0.2, 0) is 9.47 Å². The number of carbonyl (C=O) groups excluding carboxylic acids is 2. The van der Waals surface area contributed by atoms with Crippen LogP contribution in [0, 0.1) is 0 Å². The van der Waals surface area contributed by atoms with Crippen molar-refractivity contribution in [3.05, 3.63) is 0 Å². The van der Waals surface area contributed by atoms with Crippen molar-refractivity contribution in [3.63, 3.8) is 0 Å². The van der Waals surface area contributed by atoms with Gasteiger partial charge in [-0.3, -0.25) is 5.43 Å². The Morgan fingerprint density at radius 2 is 1.39 bits per heavy atom. The van der Waals surface area contributed by atoms with Crippen molar-refractivity contribution in [1.29, 1.82) is 0 Å². The first kappa shape index (κ1) is 21.5. The largest absolute Gasteiger partial charge is 0.444 e. The van der Waals surface area contributed by atoms with Crippen LogP contribution >= 0.6 is 0 Å². The molecule has 0 saturated heterocycles. The summed E-state index contributed by atoms with van der Waals surface area (Å²) in [5, 5.41) is 0. The molecular weight excluding hydrogens is 298 g/mol. The maximum Gasteiger partial charge on any atom is 0.422 e. The van der Waals surface area contributed by atoms with Crippen molar-refractivity contribution < 1.29 is 19.1 Å². The van der Waals surface area contributed by atoms with Gasteiger partial charge in [0.2, 0.25) is 0 Å². The van der Waals surface area contributed by atoms with Crippen molar-refractivity contribution in [2.24, 2.45) is 5.73 Å². The Morgan fingerprint density at radius 1 is 0.913 bits per heavy atom. The summed E-state index contributed by atoms with van der Waals surface area (Å²) in [6, 6.07) is 0.409. The van der Waals surface area contributed by atoms with Crippen molar-refractivity contribution in [2.75, 3.05) is 0 Å². The summed E-state index contributed by atoms with van der Waals surface area (Å²) in [5.41, 5.74) is 9.45. The Bertz CT molecular complexity index is 367. The lowest BCUT2D eigenvalue weighted by atomic mass is 9.96. The van der Waals surface area contributed by atoms with E-state index in [-0.39, 0.29) is 0 Å². The van der Waals surface area contributed by atoms with E-state index in [1.165, 1.54) is 19.3 Å². The Kier molecular flexibility index (Phi) is 8.97. The van der Waals surface area contributed by atoms with Gasteiger partial charge in [0.25, 0.3) is 0 Å². The number of amides is 2. The minimum absolute atomic E-state index is 0.395. The summed E-state index contributed by atoms with van der Waals surface area (Å²) in [5.74, 6) is 0. The first-order valence-corrected chi connectivity index (χ1v) is 8.12. The van der Waals surface area contributed by atoms with Crippen LogP contribution in [0.2, 0.25) is 0 Å². The van der Waals surface area contributed by atoms with Crippen molar-refractivity contribution in [1.82, 2.24) is 10.9 Å². The molecule has 136 valence electrons. The highest BCUT2D eigenvalue weighted by Gasteiger charge is 2.18. The molecule has 1 saturated carbocycles. The van der Waals surface area contributed by atoms with Crippen LogP contribution in [0.4, 0.5) is 9.59 Å². The first-order chi connectivity index (χ1) is 10.4. The van der Waals surface area contributed by atoms with Crippen LogP contribution in [0.1, 0.15) is 73.6 Å². The monoisotopic (exact) mass is 331 g/mol. The van der Waals surface area contributed by atoms with Gasteiger partial charge in [0, 0.05) is 6.04 Å². The summed E-state index contributed by atoms with van der Waals surface area (Å²) >= 11 is 0. The zero-order valence-corrected chi connectivity index (χ0v) is 15.3. The van der Waals surface area contributed by atoms with E-state index in [0.717, 1.165) is 12.8 Å². The average Bonchev–Trinajstić information content (AvgIpc) is 2.33. The minimum atomic E-state index is -0.725. The maximum absolute atomic E-state index is 11.3. The molecule has 0 aliphatic heterocycles. The Hall–Kier alpha value is -1.50. The summed E-state index contributed by atoms with van der Waals surface area (Å²) in [6.45, 7) is 10.8. The number of hydrogen-bond donors (Lipinski definition) is 3.